The first-order chi connectivity index (χ1) is 13.1. The molecule has 1 aromatic carbocycles. The van der Waals surface area contributed by atoms with E-state index in [1.54, 1.807) is 12.3 Å². The van der Waals surface area contributed by atoms with Gasteiger partial charge in [-0.3, -0.25) is 20.2 Å². The number of benzene rings is 1. The zero-order valence-electron chi connectivity index (χ0n) is 15.3. The number of hydrogen-bond acceptors (Lipinski definition) is 7. The Morgan fingerprint density at radius 3 is 2.89 bits per heavy atom. The van der Waals surface area contributed by atoms with Gasteiger partial charge in [0.15, 0.2) is 5.16 Å². The number of nitrogens with zero attached hydrogens (tertiary/aromatic N) is 4. The number of nitrogens with one attached hydrogen (secondary N) is 2. The molecule has 2 aromatic heterocycles. The number of ether oxygens (including phenoxy) is 1. The molecule has 27 heavy (non-hydrogen) atoms. The van der Waals surface area contributed by atoms with Crippen molar-refractivity contribution in [3.63, 3.8) is 0 Å². The number of aromatic nitrogens is 4. The molecule has 0 saturated carbocycles. The van der Waals surface area contributed by atoms with Gasteiger partial charge in [0, 0.05) is 24.7 Å². The van der Waals surface area contributed by atoms with Crippen molar-refractivity contribution in [2.75, 3.05) is 18.3 Å². The maximum Gasteiger partial charge on any atom is 0.248 e. The quantitative estimate of drug-likeness (QED) is 0.477. The Labute approximate surface area is 161 Å². The normalized spacial score (nSPS) is 10.5. The number of hydrazine groups is 1. The lowest BCUT2D eigenvalue weighted by molar-refractivity contribution is -0.118. The number of hydrogen-bond donors (Lipinski definition) is 2. The van der Waals surface area contributed by atoms with Crippen LogP contribution in [-0.4, -0.2) is 38.3 Å². The fourth-order valence-electron chi connectivity index (χ4n) is 2.37. The highest BCUT2D eigenvalue weighted by atomic mass is 32.2. The van der Waals surface area contributed by atoms with E-state index >= 15 is 0 Å². The highest BCUT2D eigenvalue weighted by Gasteiger charge is 2.11. The first kappa shape index (κ1) is 18.7. The first-order valence-electron chi connectivity index (χ1n) is 8.22. The molecule has 0 aliphatic carbocycles. The molecule has 0 aliphatic heterocycles. The Hall–Kier alpha value is -3.07. The second-order valence-electron chi connectivity index (χ2n) is 5.75. The van der Waals surface area contributed by atoms with Crippen molar-refractivity contribution in [2.24, 2.45) is 0 Å². The molecule has 0 bridgehead atoms. The number of rotatable bonds is 7. The Kier molecular flexibility index (Phi) is 5.92. The molecule has 2 N–H and O–H groups in total. The van der Waals surface area contributed by atoms with Gasteiger partial charge < -0.3 is 4.74 Å². The second kappa shape index (κ2) is 8.54. The molecule has 0 atom stereocenters. The van der Waals surface area contributed by atoms with Crippen molar-refractivity contribution in [1.29, 1.82) is 0 Å². The molecule has 0 radical (unpaired) electrons. The number of thioether (sulfide) groups is 1. The summed E-state index contributed by atoms with van der Waals surface area (Å²) in [6.07, 6.45) is 5.16. The van der Waals surface area contributed by atoms with E-state index in [9.17, 15) is 4.79 Å². The molecule has 3 aromatic rings. The van der Waals surface area contributed by atoms with Gasteiger partial charge in [-0.2, -0.15) is 4.98 Å². The largest absolute Gasteiger partial charge is 0.481 e. The number of carbonyl (C=O) groups excluding carboxylic acids is 1. The molecule has 0 unspecified atom stereocenters. The highest BCUT2D eigenvalue weighted by Crippen LogP contribution is 2.23. The zero-order valence-corrected chi connectivity index (χ0v) is 16.1. The van der Waals surface area contributed by atoms with Crippen LogP contribution in [-0.2, 0) is 4.79 Å². The predicted octanol–water partition coefficient (Wildman–Crippen LogP) is 2.52. The molecule has 140 valence electrons. The van der Waals surface area contributed by atoms with E-state index in [2.05, 4.69) is 44.0 Å². The smallest absolute Gasteiger partial charge is 0.248 e. The summed E-state index contributed by atoms with van der Waals surface area (Å²) in [5.74, 6) is 0.636. The van der Waals surface area contributed by atoms with E-state index < -0.39 is 0 Å². The van der Waals surface area contributed by atoms with E-state index in [-0.39, 0.29) is 17.6 Å². The van der Waals surface area contributed by atoms with Gasteiger partial charge in [-0.05, 0) is 31.0 Å². The number of aryl methyl sites for hydroxylation is 2. The second-order valence-corrected chi connectivity index (χ2v) is 6.70. The third kappa shape index (κ3) is 4.76. The van der Waals surface area contributed by atoms with E-state index in [1.807, 2.05) is 24.6 Å². The van der Waals surface area contributed by atoms with Crippen LogP contribution in [0.25, 0.3) is 5.69 Å². The Morgan fingerprint density at radius 2 is 2.07 bits per heavy atom. The monoisotopic (exact) mass is 384 g/mol. The molecule has 2 heterocycles. The third-order valence-corrected chi connectivity index (χ3v) is 4.68. The van der Waals surface area contributed by atoms with Crippen LogP contribution in [0, 0.1) is 13.8 Å². The van der Waals surface area contributed by atoms with E-state index in [0.29, 0.717) is 5.88 Å². The maximum atomic E-state index is 12.1. The van der Waals surface area contributed by atoms with E-state index in [4.69, 9.17) is 4.74 Å². The number of carbonyl (C=O) groups is 1. The van der Waals surface area contributed by atoms with Gasteiger partial charge in [-0.1, -0.05) is 23.9 Å². The predicted molar refractivity (Wildman–Crippen MR) is 104 cm³/mol. The van der Waals surface area contributed by atoms with Crippen LogP contribution in [0.1, 0.15) is 11.1 Å². The summed E-state index contributed by atoms with van der Waals surface area (Å²) in [6.45, 7) is 4.10. The molecule has 0 aliphatic rings. The van der Waals surface area contributed by atoms with Crippen molar-refractivity contribution in [1.82, 2.24) is 24.9 Å². The summed E-state index contributed by atoms with van der Waals surface area (Å²) >= 11 is 1.35. The van der Waals surface area contributed by atoms with Gasteiger partial charge in [0.05, 0.1) is 18.6 Å². The van der Waals surface area contributed by atoms with E-state index in [1.165, 1.54) is 30.6 Å². The van der Waals surface area contributed by atoms with Gasteiger partial charge in [0.2, 0.25) is 17.7 Å². The van der Waals surface area contributed by atoms with Crippen molar-refractivity contribution in [3.05, 3.63) is 54.0 Å². The Balaban J connectivity index is 1.60. The summed E-state index contributed by atoms with van der Waals surface area (Å²) in [6, 6.07) is 7.87. The minimum absolute atomic E-state index is 0.193. The van der Waals surface area contributed by atoms with Crippen LogP contribution in [0.2, 0.25) is 0 Å². The van der Waals surface area contributed by atoms with Crippen LogP contribution in [0.4, 0.5) is 5.95 Å². The Morgan fingerprint density at radius 1 is 1.22 bits per heavy atom. The molecule has 8 nitrogen and oxygen atoms in total. The lowest BCUT2D eigenvalue weighted by atomic mass is 10.1. The molecular formula is C18H20N6O2S. The van der Waals surface area contributed by atoms with Crippen molar-refractivity contribution in [3.8, 4) is 11.6 Å². The van der Waals surface area contributed by atoms with Crippen LogP contribution < -0.4 is 15.6 Å². The summed E-state index contributed by atoms with van der Waals surface area (Å²) in [4.78, 5) is 24.5. The lowest BCUT2D eigenvalue weighted by Gasteiger charge is -2.11. The summed E-state index contributed by atoms with van der Waals surface area (Å²) in [5, 5.41) is 0.747. The Bertz CT molecular complexity index is 943. The maximum absolute atomic E-state index is 12.1. The number of methoxy groups -OCH3 is 1. The lowest BCUT2D eigenvalue weighted by Crippen LogP contribution is -2.31. The van der Waals surface area contributed by atoms with Gasteiger partial charge in [0.1, 0.15) is 0 Å². The van der Waals surface area contributed by atoms with Gasteiger partial charge in [0.25, 0.3) is 0 Å². The first-order valence-corrected chi connectivity index (χ1v) is 9.21. The number of amides is 1. The minimum atomic E-state index is -0.220. The zero-order chi connectivity index (χ0) is 19.2. The van der Waals surface area contributed by atoms with Crippen molar-refractivity contribution < 1.29 is 9.53 Å². The van der Waals surface area contributed by atoms with Crippen LogP contribution >= 0.6 is 11.8 Å². The van der Waals surface area contributed by atoms with E-state index in [0.717, 1.165) is 16.4 Å². The number of imidazole rings is 1. The van der Waals surface area contributed by atoms with Crippen molar-refractivity contribution in [2.45, 2.75) is 19.0 Å². The molecule has 0 spiro atoms. The third-order valence-electron chi connectivity index (χ3n) is 3.72. The summed E-state index contributed by atoms with van der Waals surface area (Å²) in [7, 11) is 1.51. The summed E-state index contributed by atoms with van der Waals surface area (Å²) in [5.41, 5.74) is 8.60. The number of anilines is 1. The SMILES string of the molecule is COc1ccnc(NNC(=O)CSc2nccn2-c2cc(C)ccc2C)n1. The van der Waals surface area contributed by atoms with Crippen LogP contribution in [0.5, 0.6) is 5.88 Å². The molecule has 0 saturated heterocycles. The van der Waals surface area contributed by atoms with Crippen LogP contribution in [0.3, 0.4) is 0 Å². The molecule has 3 rings (SSSR count). The fraction of sp³-hybridized carbons (Fsp3) is 0.222. The van der Waals surface area contributed by atoms with Crippen molar-refractivity contribution >= 4 is 23.6 Å². The standard InChI is InChI=1S/C18H20N6O2S/c1-12-4-5-13(2)14(10-12)24-9-8-20-18(24)27-11-15(25)22-23-17-19-7-6-16(21-17)26-3/h4-10H,11H2,1-3H3,(H,22,25)(H,19,21,23). The fourth-order valence-corrected chi connectivity index (χ4v) is 3.13. The molecule has 9 heteroatoms. The van der Waals surface area contributed by atoms with Gasteiger partial charge in [-0.25, -0.2) is 9.97 Å². The highest BCUT2D eigenvalue weighted by molar-refractivity contribution is 7.99. The average Bonchev–Trinajstić information content (AvgIpc) is 3.15. The van der Waals surface area contributed by atoms with Gasteiger partial charge >= 0.3 is 0 Å². The molecular weight excluding hydrogens is 364 g/mol. The molecule has 0 fully saturated rings. The van der Waals surface area contributed by atoms with Crippen LogP contribution in [0.15, 0.2) is 48.0 Å². The van der Waals surface area contributed by atoms with Gasteiger partial charge in [-0.15, -0.1) is 0 Å². The topological polar surface area (TPSA) is 94.0 Å². The average molecular weight is 384 g/mol. The summed E-state index contributed by atoms with van der Waals surface area (Å²) < 4.78 is 7.00. The molecule has 1 amide bonds. The minimum Gasteiger partial charge on any atom is -0.481 e.